The van der Waals surface area contributed by atoms with Crippen LogP contribution in [-0.4, -0.2) is 10.3 Å². The average molecular weight is 304 g/mol. The number of halogens is 4. The molecule has 0 N–H and O–H groups in total. The number of carbonyl (C=O) groups is 1. The largest absolute Gasteiger partial charge is 0.335 e. The van der Waals surface area contributed by atoms with E-state index in [1.807, 2.05) is 0 Å². The zero-order valence-electron chi connectivity index (χ0n) is 7.29. The highest BCUT2D eigenvalue weighted by Crippen LogP contribution is 2.38. The van der Waals surface area contributed by atoms with Gasteiger partial charge in [-0.2, -0.15) is 0 Å². The molecule has 0 unspecified atom stereocenters. The van der Waals surface area contributed by atoms with Crippen molar-refractivity contribution in [2.75, 3.05) is 4.42 Å². The first-order chi connectivity index (χ1) is 7.34. The monoisotopic (exact) mass is 302 g/mol. The number of benzene rings is 1. The highest BCUT2D eigenvalue weighted by molar-refractivity contribution is 6.71. The van der Waals surface area contributed by atoms with Crippen molar-refractivity contribution in [3.63, 3.8) is 0 Å². The summed E-state index contributed by atoms with van der Waals surface area (Å²) in [7, 11) is 0. The molecule has 1 aromatic rings. The standard InChI is InChI=1S/C7H2Cl4N2O3/c8-4-1-3(13(15)16)2-5(9)6(4)12(11)7(10)14/h1-2H. The van der Waals surface area contributed by atoms with Gasteiger partial charge in [0.25, 0.3) is 5.69 Å². The van der Waals surface area contributed by atoms with Crippen LogP contribution in [0.1, 0.15) is 0 Å². The Hall–Kier alpha value is -0.750. The second kappa shape index (κ2) is 5.05. The Bertz CT molecular complexity index is 442. The molecule has 9 heteroatoms. The molecule has 1 rings (SSSR count). The average Bonchev–Trinajstić information content (AvgIpc) is 2.15. The molecule has 0 aromatic heterocycles. The highest BCUT2D eigenvalue weighted by Gasteiger charge is 2.21. The van der Waals surface area contributed by atoms with Gasteiger partial charge in [0.1, 0.15) is 5.69 Å². The molecule has 16 heavy (non-hydrogen) atoms. The van der Waals surface area contributed by atoms with Crippen molar-refractivity contribution in [1.82, 2.24) is 0 Å². The lowest BCUT2D eigenvalue weighted by Crippen LogP contribution is -2.13. The van der Waals surface area contributed by atoms with Crippen molar-refractivity contribution >= 4 is 63.3 Å². The molecule has 0 bridgehead atoms. The summed E-state index contributed by atoms with van der Waals surface area (Å²) in [5, 5.41) is 9.14. The summed E-state index contributed by atoms with van der Waals surface area (Å²) >= 11 is 22.0. The summed E-state index contributed by atoms with van der Waals surface area (Å²) in [5.41, 5.74) is -0.415. The molecule has 0 aliphatic rings. The third-order valence-electron chi connectivity index (χ3n) is 1.56. The first kappa shape index (κ1) is 13.3. The molecule has 0 aliphatic carbocycles. The van der Waals surface area contributed by atoms with Crippen molar-refractivity contribution in [3.05, 3.63) is 32.3 Å². The number of hydrogen-bond donors (Lipinski definition) is 0. The van der Waals surface area contributed by atoms with Crippen molar-refractivity contribution in [2.45, 2.75) is 0 Å². The number of nitro groups is 1. The van der Waals surface area contributed by atoms with E-state index in [9.17, 15) is 14.9 Å². The fourth-order valence-corrected chi connectivity index (χ4v) is 1.93. The number of nitrogens with zero attached hydrogens (tertiary/aromatic N) is 2. The van der Waals surface area contributed by atoms with Crippen LogP contribution in [-0.2, 0) is 0 Å². The summed E-state index contributed by atoms with van der Waals surface area (Å²) < 4.78 is 0.468. The summed E-state index contributed by atoms with van der Waals surface area (Å²) in [6.07, 6.45) is 0. The lowest BCUT2D eigenvalue weighted by molar-refractivity contribution is -0.384. The van der Waals surface area contributed by atoms with Gasteiger partial charge in [-0.15, -0.1) is 0 Å². The fourth-order valence-electron chi connectivity index (χ4n) is 0.933. The summed E-state index contributed by atoms with van der Waals surface area (Å²) in [6.45, 7) is 0. The lowest BCUT2D eigenvalue weighted by atomic mass is 10.3. The van der Waals surface area contributed by atoms with Gasteiger partial charge in [-0.1, -0.05) is 23.2 Å². The van der Waals surface area contributed by atoms with Crippen molar-refractivity contribution in [2.24, 2.45) is 0 Å². The summed E-state index contributed by atoms with van der Waals surface area (Å²) in [6, 6.07) is 2.02. The SMILES string of the molecule is O=C(Cl)N(Cl)c1c(Cl)cc([N+](=O)[O-])cc1Cl. The maximum absolute atomic E-state index is 10.8. The van der Waals surface area contributed by atoms with E-state index >= 15 is 0 Å². The fraction of sp³-hybridized carbons (Fsp3) is 0. The number of nitro benzene ring substituents is 1. The lowest BCUT2D eigenvalue weighted by Gasteiger charge is -2.13. The van der Waals surface area contributed by atoms with Crippen LogP contribution in [0, 0.1) is 10.1 Å². The normalized spacial score (nSPS) is 10.0. The van der Waals surface area contributed by atoms with E-state index in [4.69, 9.17) is 46.6 Å². The maximum atomic E-state index is 10.8. The summed E-state index contributed by atoms with van der Waals surface area (Å²) in [5.74, 6) is 0. The Morgan fingerprint density at radius 2 is 1.75 bits per heavy atom. The predicted octanol–water partition coefficient (Wildman–Crippen LogP) is 4.22. The van der Waals surface area contributed by atoms with Gasteiger partial charge in [-0.25, -0.2) is 4.42 Å². The van der Waals surface area contributed by atoms with E-state index in [0.29, 0.717) is 4.42 Å². The van der Waals surface area contributed by atoms with Gasteiger partial charge < -0.3 is 0 Å². The number of rotatable bonds is 2. The number of amides is 1. The molecule has 5 nitrogen and oxygen atoms in total. The molecule has 1 aromatic carbocycles. The summed E-state index contributed by atoms with van der Waals surface area (Å²) in [4.78, 5) is 20.6. The van der Waals surface area contributed by atoms with Crippen LogP contribution in [0.4, 0.5) is 16.2 Å². The molecule has 1 amide bonds. The minimum Gasteiger partial charge on any atom is -0.258 e. The van der Waals surface area contributed by atoms with E-state index < -0.39 is 10.3 Å². The van der Waals surface area contributed by atoms with Gasteiger partial charge in [0.2, 0.25) is 0 Å². The molecule has 0 atom stereocenters. The number of carbonyl (C=O) groups excluding carboxylic acids is 1. The van der Waals surface area contributed by atoms with Crippen LogP contribution >= 0.6 is 46.6 Å². The van der Waals surface area contributed by atoms with Gasteiger partial charge in [0, 0.05) is 23.9 Å². The van der Waals surface area contributed by atoms with E-state index in [1.165, 1.54) is 0 Å². The number of anilines is 1. The predicted molar refractivity (Wildman–Crippen MR) is 62.7 cm³/mol. The Labute approximate surface area is 110 Å². The molecule has 0 aliphatic heterocycles. The van der Waals surface area contributed by atoms with E-state index in [1.54, 1.807) is 0 Å². The Balaban J connectivity index is 3.33. The van der Waals surface area contributed by atoms with Gasteiger partial charge in [0.05, 0.1) is 15.0 Å². The molecule has 0 radical (unpaired) electrons. The Morgan fingerprint density at radius 3 is 2.06 bits per heavy atom. The van der Waals surface area contributed by atoms with Crippen LogP contribution in [0.5, 0.6) is 0 Å². The minimum absolute atomic E-state index is 0.101. The van der Waals surface area contributed by atoms with Crippen LogP contribution in [0.15, 0.2) is 12.1 Å². The van der Waals surface area contributed by atoms with Gasteiger partial charge >= 0.3 is 5.37 Å². The van der Waals surface area contributed by atoms with E-state index in [-0.39, 0.29) is 21.4 Å². The quantitative estimate of drug-likeness (QED) is 0.270. The van der Waals surface area contributed by atoms with E-state index in [2.05, 4.69) is 0 Å². The van der Waals surface area contributed by atoms with Gasteiger partial charge in [0.15, 0.2) is 0 Å². The van der Waals surface area contributed by atoms with E-state index in [0.717, 1.165) is 12.1 Å². The Kier molecular flexibility index (Phi) is 4.21. The topological polar surface area (TPSA) is 63.5 Å². The third-order valence-corrected chi connectivity index (χ3v) is 2.72. The molecule has 0 heterocycles. The molecule has 0 saturated carbocycles. The Morgan fingerprint density at radius 1 is 1.31 bits per heavy atom. The van der Waals surface area contributed by atoms with Crippen molar-refractivity contribution in [3.8, 4) is 0 Å². The second-order valence-electron chi connectivity index (χ2n) is 2.55. The first-order valence-corrected chi connectivity index (χ1v) is 5.10. The van der Waals surface area contributed by atoms with Gasteiger partial charge in [-0.3, -0.25) is 14.9 Å². The molecular formula is C7H2Cl4N2O3. The molecular weight excluding hydrogens is 302 g/mol. The zero-order chi connectivity index (χ0) is 12.5. The van der Waals surface area contributed by atoms with Crippen LogP contribution in [0.25, 0.3) is 0 Å². The van der Waals surface area contributed by atoms with Crippen molar-refractivity contribution in [1.29, 1.82) is 0 Å². The van der Waals surface area contributed by atoms with Crippen molar-refractivity contribution < 1.29 is 9.72 Å². The highest BCUT2D eigenvalue weighted by atomic mass is 35.5. The first-order valence-electron chi connectivity index (χ1n) is 3.63. The third kappa shape index (κ3) is 2.68. The minimum atomic E-state index is -1.03. The molecule has 0 spiro atoms. The molecule has 0 fully saturated rings. The van der Waals surface area contributed by atoms with Crippen LogP contribution in [0.3, 0.4) is 0 Å². The smallest absolute Gasteiger partial charge is 0.258 e. The molecule has 0 saturated heterocycles. The van der Waals surface area contributed by atoms with Gasteiger partial charge in [-0.05, 0) is 11.6 Å². The molecule has 86 valence electrons. The number of non-ortho nitro benzene ring substituents is 1. The second-order valence-corrected chi connectivity index (χ2v) is 4.02. The number of hydrogen-bond acceptors (Lipinski definition) is 3. The maximum Gasteiger partial charge on any atom is 0.335 e. The zero-order valence-corrected chi connectivity index (χ0v) is 10.3. The van der Waals surface area contributed by atoms with Crippen LogP contribution < -0.4 is 4.42 Å². The van der Waals surface area contributed by atoms with Crippen LogP contribution in [0.2, 0.25) is 10.0 Å².